The highest BCUT2D eigenvalue weighted by atomic mass is 35.5. The smallest absolute Gasteiger partial charge is 0.416 e. The molecule has 0 aliphatic carbocycles. The van der Waals surface area contributed by atoms with Gasteiger partial charge in [-0.25, -0.2) is 0 Å². The molecular weight excluding hydrogens is 303 g/mol. The number of methoxy groups -OCH3 is 1. The maximum atomic E-state index is 12.9. The molecule has 21 heavy (non-hydrogen) atoms. The van der Waals surface area contributed by atoms with E-state index >= 15 is 0 Å². The normalized spacial score (nSPS) is 11.3. The summed E-state index contributed by atoms with van der Waals surface area (Å²) in [6.45, 7) is 0.0164. The highest BCUT2D eigenvalue weighted by Gasteiger charge is 2.32. The predicted molar refractivity (Wildman–Crippen MR) is 76.8 cm³/mol. The van der Waals surface area contributed by atoms with Crippen LogP contribution >= 0.6 is 11.6 Å². The van der Waals surface area contributed by atoms with Crippen molar-refractivity contribution in [2.75, 3.05) is 12.4 Å². The monoisotopic (exact) mass is 315 g/mol. The number of alkyl halides is 3. The fraction of sp³-hybridized carbons (Fsp3) is 0.200. The fourth-order valence-corrected chi connectivity index (χ4v) is 2.09. The molecule has 0 amide bonds. The zero-order valence-electron chi connectivity index (χ0n) is 11.2. The van der Waals surface area contributed by atoms with Crippen molar-refractivity contribution in [2.24, 2.45) is 0 Å². The first-order chi connectivity index (χ1) is 9.91. The number of hydrogen-bond acceptors (Lipinski definition) is 2. The minimum Gasteiger partial charge on any atom is -0.497 e. The maximum absolute atomic E-state index is 12.9. The van der Waals surface area contributed by atoms with E-state index in [0.717, 1.165) is 6.07 Å². The van der Waals surface area contributed by atoms with Crippen molar-refractivity contribution in [3.8, 4) is 5.75 Å². The quantitative estimate of drug-likeness (QED) is 0.859. The van der Waals surface area contributed by atoms with Gasteiger partial charge in [0.15, 0.2) is 0 Å². The van der Waals surface area contributed by atoms with E-state index in [-0.39, 0.29) is 12.1 Å². The Labute approximate surface area is 125 Å². The molecule has 0 fully saturated rings. The average Bonchev–Trinajstić information content (AvgIpc) is 2.46. The summed E-state index contributed by atoms with van der Waals surface area (Å²) in [6.07, 6.45) is -4.38. The molecule has 0 saturated heterocycles. The lowest BCUT2D eigenvalue weighted by molar-refractivity contribution is -0.138. The van der Waals surface area contributed by atoms with Crippen LogP contribution in [-0.4, -0.2) is 7.11 Å². The highest BCUT2D eigenvalue weighted by molar-refractivity contribution is 6.33. The van der Waals surface area contributed by atoms with Gasteiger partial charge in [-0.05, 0) is 23.8 Å². The largest absolute Gasteiger partial charge is 0.497 e. The van der Waals surface area contributed by atoms with Gasteiger partial charge in [0.1, 0.15) is 5.75 Å². The average molecular weight is 316 g/mol. The van der Waals surface area contributed by atoms with Crippen LogP contribution in [0.25, 0.3) is 0 Å². The number of hydrogen-bond donors (Lipinski definition) is 1. The van der Waals surface area contributed by atoms with Crippen molar-refractivity contribution in [1.29, 1.82) is 0 Å². The van der Waals surface area contributed by atoms with Gasteiger partial charge < -0.3 is 10.1 Å². The molecule has 0 spiro atoms. The SMILES string of the molecule is COc1ccc(Cl)c(NCc2ccccc2C(F)(F)F)c1. The zero-order chi connectivity index (χ0) is 15.5. The van der Waals surface area contributed by atoms with Crippen LogP contribution in [0, 0.1) is 0 Å². The number of benzene rings is 2. The molecule has 0 saturated carbocycles. The third-order valence-electron chi connectivity index (χ3n) is 2.97. The van der Waals surface area contributed by atoms with Crippen LogP contribution in [-0.2, 0) is 12.7 Å². The van der Waals surface area contributed by atoms with Crippen molar-refractivity contribution in [3.05, 3.63) is 58.6 Å². The third-order valence-corrected chi connectivity index (χ3v) is 3.30. The minimum absolute atomic E-state index is 0.0164. The van der Waals surface area contributed by atoms with Crippen LogP contribution in [0.1, 0.15) is 11.1 Å². The zero-order valence-corrected chi connectivity index (χ0v) is 11.9. The molecule has 0 radical (unpaired) electrons. The summed E-state index contributed by atoms with van der Waals surface area (Å²) in [4.78, 5) is 0. The molecular formula is C15H13ClF3NO. The van der Waals surface area contributed by atoms with E-state index in [1.54, 1.807) is 24.3 Å². The summed E-state index contributed by atoms with van der Waals surface area (Å²) in [5.74, 6) is 0.575. The standard InChI is InChI=1S/C15H13ClF3NO/c1-21-11-6-7-13(16)14(8-11)20-9-10-4-2-3-5-12(10)15(17,18)19/h2-8,20H,9H2,1H3. The van der Waals surface area contributed by atoms with Gasteiger partial charge in [0, 0.05) is 12.6 Å². The first kappa shape index (κ1) is 15.5. The molecule has 0 bridgehead atoms. The number of anilines is 1. The van der Waals surface area contributed by atoms with Crippen molar-refractivity contribution >= 4 is 17.3 Å². The van der Waals surface area contributed by atoms with Crippen LogP contribution in [0.3, 0.4) is 0 Å². The number of nitrogens with one attached hydrogen (secondary N) is 1. The van der Waals surface area contributed by atoms with E-state index in [1.807, 2.05) is 0 Å². The summed E-state index contributed by atoms with van der Waals surface area (Å²) < 4.78 is 43.8. The second-order valence-electron chi connectivity index (χ2n) is 4.35. The van der Waals surface area contributed by atoms with E-state index in [9.17, 15) is 13.2 Å². The van der Waals surface area contributed by atoms with Crippen LogP contribution in [0.5, 0.6) is 5.75 Å². The Balaban J connectivity index is 2.21. The van der Waals surface area contributed by atoms with Crippen LogP contribution in [0.15, 0.2) is 42.5 Å². The Morgan fingerprint density at radius 1 is 1.14 bits per heavy atom. The molecule has 0 atom stereocenters. The van der Waals surface area contributed by atoms with Crippen LogP contribution < -0.4 is 10.1 Å². The number of ether oxygens (including phenoxy) is 1. The van der Waals surface area contributed by atoms with Crippen LogP contribution in [0.4, 0.5) is 18.9 Å². The molecule has 0 unspecified atom stereocenters. The van der Waals surface area contributed by atoms with E-state index < -0.39 is 11.7 Å². The summed E-state index contributed by atoms with van der Waals surface area (Å²) in [5, 5.41) is 3.32. The minimum atomic E-state index is -4.38. The van der Waals surface area contributed by atoms with Gasteiger partial charge in [-0.2, -0.15) is 13.2 Å². The van der Waals surface area contributed by atoms with Crippen molar-refractivity contribution in [1.82, 2.24) is 0 Å². The summed E-state index contributed by atoms with van der Waals surface area (Å²) in [7, 11) is 1.51. The molecule has 1 N–H and O–H groups in total. The second kappa shape index (κ2) is 6.26. The Morgan fingerprint density at radius 3 is 2.52 bits per heavy atom. The van der Waals surface area contributed by atoms with E-state index in [1.165, 1.54) is 19.2 Å². The molecule has 0 aliphatic heterocycles. The molecule has 2 nitrogen and oxygen atoms in total. The molecule has 0 aromatic heterocycles. The van der Waals surface area contributed by atoms with Crippen molar-refractivity contribution in [3.63, 3.8) is 0 Å². The Hall–Kier alpha value is -1.88. The topological polar surface area (TPSA) is 21.3 Å². The molecule has 2 aromatic rings. The van der Waals surface area contributed by atoms with E-state index in [4.69, 9.17) is 16.3 Å². The van der Waals surface area contributed by atoms with Gasteiger partial charge in [-0.15, -0.1) is 0 Å². The van der Waals surface area contributed by atoms with Crippen LogP contribution in [0.2, 0.25) is 5.02 Å². The Kier molecular flexibility index (Phi) is 4.63. The first-order valence-corrected chi connectivity index (χ1v) is 6.52. The summed E-state index contributed by atoms with van der Waals surface area (Å²) >= 11 is 6.01. The lowest BCUT2D eigenvalue weighted by Crippen LogP contribution is -2.11. The van der Waals surface area contributed by atoms with E-state index in [0.29, 0.717) is 16.5 Å². The summed E-state index contributed by atoms with van der Waals surface area (Å²) in [5.41, 5.74) is 0.0217. The predicted octanol–water partition coefficient (Wildman–Crippen LogP) is 4.98. The van der Waals surface area contributed by atoms with Crippen molar-refractivity contribution in [2.45, 2.75) is 12.7 Å². The van der Waals surface area contributed by atoms with E-state index in [2.05, 4.69) is 5.32 Å². The highest BCUT2D eigenvalue weighted by Crippen LogP contribution is 2.33. The molecule has 0 aliphatic rings. The molecule has 6 heteroatoms. The number of halogens is 4. The lowest BCUT2D eigenvalue weighted by atomic mass is 10.1. The van der Waals surface area contributed by atoms with Gasteiger partial charge in [0.25, 0.3) is 0 Å². The van der Waals surface area contributed by atoms with Gasteiger partial charge in [0.2, 0.25) is 0 Å². The Morgan fingerprint density at radius 2 is 1.86 bits per heavy atom. The maximum Gasteiger partial charge on any atom is 0.416 e. The number of rotatable bonds is 4. The van der Waals surface area contributed by atoms with Gasteiger partial charge in [0.05, 0.1) is 23.4 Å². The first-order valence-electron chi connectivity index (χ1n) is 6.14. The Bertz CT molecular complexity index is 629. The van der Waals surface area contributed by atoms with Gasteiger partial charge in [-0.1, -0.05) is 29.8 Å². The fourth-order valence-electron chi connectivity index (χ4n) is 1.91. The lowest BCUT2D eigenvalue weighted by Gasteiger charge is -2.15. The molecule has 2 aromatic carbocycles. The summed E-state index contributed by atoms with van der Waals surface area (Å²) in [6, 6.07) is 10.4. The van der Waals surface area contributed by atoms with Crippen molar-refractivity contribution < 1.29 is 17.9 Å². The molecule has 2 rings (SSSR count). The third kappa shape index (κ3) is 3.82. The second-order valence-corrected chi connectivity index (χ2v) is 4.76. The molecule has 112 valence electrons. The van der Waals surface area contributed by atoms with Gasteiger partial charge >= 0.3 is 6.18 Å². The molecule has 0 heterocycles. The van der Waals surface area contributed by atoms with Gasteiger partial charge in [-0.3, -0.25) is 0 Å².